The number of nitrogens with one attached hydrogen (secondary N) is 1. The molecule has 1 aromatic heterocycles. The third-order valence-electron chi connectivity index (χ3n) is 4.26. The SMILES string of the molecule is CCOC(=O)c1oc2ccccc2c1COC(=O)C(C)NS(=O)(=O)c1ccccc1. The number of hydrogen-bond donors (Lipinski definition) is 1. The lowest BCUT2D eigenvalue weighted by atomic mass is 10.1. The molecule has 0 amide bonds. The van der Waals surface area contributed by atoms with Crippen LogP contribution in [-0.4, -0.2) is 33.0 Å². The lowest BCUT2D eigenvalue weighted by molar-refractivity contribution is -0.146. The number of para-hydroxylation sites is 1. The Morgan fingerprint density at radius 1 is 1.03 bits per heavy atom. The molecule has 0 aliphatic rings. The second-order valence-electron chi connectivity index (χ2n) is 6.39. The van der Waals surface area contributed by atoms with Gasteiger partial charge in [0, 0.05) is 5.39 Å². The van der Waals surface area contributed by atoms with Crippen LogP contribution in [0.3, 0.4) is 0 Å². The summed E-state index contributed by atoms with van der Waals surface area (Å²) in [6.45, 7) is 2.93. The zero-order chi connectivity index (χ0) is 21.7. The van der Waals surface area contributed by atoms with E-state index in [1.165, 1.54) is 19.1 Å². The molecular weight excluding hydrogens is 410 g/mol. The van der Waals surface area contributed by atoms with E-state index in [1.54, 1.807) is 49.4 Å². The lowest BCUT2D eigenvalue weighted by Crippen LogP contribution is -2.39. The van der Waals surface area contributed by atoms with Crippen molar-refractivity contribution in [1.82, 2.24) is 4.72 Å². The number of esters is 2. The van der Waals surface area contributed by atoms with Gasteiger partial charge >= 0.3 is 11.9 Å². The van der Waals surface area contributed by atoms with Gasteiger partial charge in [0.05, 0.1) is 17.1 Å². The summed E-state index contributed by atoms with van der Waals surface area (Å²) in [4.78, 5) is 24.6. The van der Waals surface area contributed by atoms with E-state index in [2.05, 4.69) is 4.72 Å². The van der Waals surface area contributed by atoms with Crippen molar-refractivity contribution in [2.75, 3.05) is 6.61 Å². The lowest BCUT2D eigenvalue weighted by Gasteiger charge is -2.14. The molecule has 0 aliphatic carbocycles. The number of ether oxygens (including phenoxy) is 2. The summed E-state index contributed by atoms with van der Waals surface area (Å²) in [5, 5.41) is 0.603. The van der Waals surface area contributed by atoms with Crippen LogP contribution in [-0.2, 0) is 30.9 Å². The Balaban J connectivity index is 1.75. The van der Waals surface area contributed by atoms with Crippen LogP contribution >= 0.6 is 0 Å². The Labute approximate surface area is 173 Å². The maximum absolute atomic E-state index is 12.4. The van der Waals surface area contributed by atoms with E-state index in [0.717, 1.165) is 0 Å². The Morgan fingerprint density at radius 3 is 2.40 bits per heavy atom. The maximum Gasteiger partial charge on any atom is 0.374 e. The van der Waals surface area contributed by atoms with Crippen LogP contribution in [0.4, 0.5) is 0 Å². The first-order valence-electron chi connectivity index (χ1n) is 9.25. The first-order chi connectivity index (χ1) is 14.3. The largest absolute Gasteiger partial charge is 0.460 e. The van der Waals surface area contributed by atoms with Crippen LogP contribution < -0.4 is 4.72 Å². The van der Waals surface area contributed by atoms with Crippen molar-refractivity contribution in [1.29, 1.82) is 0 Å². The van der Waals surface area contributed by atoms with Crippen molar-refractivity contribution in [3.8, 4) is 0 Å². The second-order valence-corrected chi connectivity index (χ2v) is 8.10. The smallest absolute Gasteiger partial charge is 0.374 e. The standard InChI is InChI=1S/C21H21NO7S/c1-3-27-21(24)19-17(16-11-7-8-12-18(16)29-19)13-28-20(23)14(2)22-30(25,26)15-9-5-4-6-10-15/h4-12,14,22H,3,13H2,1-2H3. The van der Waals surface area contributed by atoms with Crippen molar-refractivity contribution in [2.45, 2.75) is 31.4 Å². The van der Waals surface area contributed by atoms with Crippen molar-refractivity contribution >= 4 is 32.9 Å². The molecule has 0 saturated heterocycles. The number of carbonyl (C=O) groups is 2. The molecule has 0 spiro atoms. The number of rotatable bonds is 8. The number of hydrogen-bond acceptors (Lipinski definition) is 7. The minimum absolute atomic E-state index is 0.0371. The average molecular weight is 431 g/mol. The summed E-state index contributed by atoms with van der Waals surface area (Å²) in [6.07, 6.45) is 0. The molecule has 0 fully saturated rings. The predicted octanol–water partition coefficient (Wildman–Crippen LogP) is 3.02. The van der Waals surface area contributed by atoms with E-state index >= 15 is 0 Å². The highest BCUT2D eigenvalue weighted by Crippen LogP contribution is 2.27. The van der Waals surface area contributed by atoms with E-state index in [9.17, 15) is 18.0 Å². The highest BCUT2D eigenvalue weighted by atomic mass is 32.2. The van der Waals surface area contributed by atoms with E-state index in [4.69, 9.17) is 13.9 Å². The fourth-order valence-corrected chi connectivity index (χ4v) is 4.03. The van der Waals surface area contributed by atoms with Gasteiger partial charge in [-0.3, -0.25) is 4.79 Å². The summed E-state index contributed by atoms with van der Waals surface area (Å²) in [6, 6.07) is 13.5. The van der Waals surface area contributed by atoms with Crippen LogP contribution in [0.25, 0.3) is 11.0 Å². The van der Waals surface area contributed by atoms with Gasteiger partial charge < -0.3 is 13.9 Å². The second kappa shape index (κ2) is 9.10. The molecule has 8 nitrogen and oxygen atoms in total. The van der Waals surface area contributed by atoms with E-state index in [0.29, 0.717) is 16.5 Å². The topological polar surface area (TPSA) is 112 Å². The van der Waals surface area contributed by atoms with Crippen LogP contribution in [0.2, 0.25) is 0 Å². The first-order valence-corrected chi connectivity index (χ1v) is 10.7. The highest BCUT2D eigenvalue weighted by molar-refractivity contribution is 7.89. The third kappa shape index (κ3) is 4.69. The molecule has 9 heteroatoms. The molecule has 1 unspecified atom stereocenters. The number of fused-ring (bicyclic) bond motifs is 1. The van der Waals surface area contributed by atoms with E-state index in [-0.39, 0.29) is 23.9 Å². The van der Waals surface area contributed by atoms with Gasteiger partial charge in [0.15, 0.2) is 0 Å². The summed E-state index contributed by atoms with van der Waals surface area (Å²) in [5.74, 6) is -1.52. The fraction of sp³-hybridized carbons (Fsp3) is 0.238. The fourth-order valence-electron chi connectivity index (χ4n) is 2.82. The van der Waals surface area contributed by atoms with E-state index in [1.807, 2.05) is 0 Å². The zero-order valence-corrected chi connectivity index (χ0v) is 17.3. The zero-order valence-electron chi connectivity index (χ0n) is 16.5. The average Bonchev–Trinajstić information content (AvgIpc) is 3.11. The molecule has 1 heterocycles. The van der Waals surface area contributed by atoms with Crippen molar-refractivity contribution < 1.29 is 31.9 Å². The van der Waals surface area contributed by atoms with Gasteiger partial charge in [-0.2, -0.15) is 4.72 Å². The van der Waals surface area contributed by atoms with Gasteiger partial charge in [-0.15, -0.1) is 0 Å². The molecule has 3 aromatic rings. The molecule has 1 atom stereocenters. The van der Waals surface area contributed by atoms with Crippen LogP contribution in [0.1, 0.15) is 30.0 Å². The molecule has 2 aromatic carbocycles. The van der Waals surface area contributed by atoms with Crippen molar-refractivity contribution in [3.05, 3.63) is 65.9 Å². The minimum atomic E-state index is -3.88. The number of carbonyl (C=O) groups excluding carboxylic acids is 2. The molecular formula is C21H21NO7S. The van der Waals surface area contributed by atoms with Crippen molar-refractivity contribution in [2.24, 2.45) is 0 Å². The molecule has 158 valence electrons. The predicted molar refractivity (Wildman–Crippen MR) is 108 cm³/mol. The molecule has 3 rings (SSSR count). The van der Waals surface area contributed by atoms with Gasteiger partial charge in [0.2, 0.25) is 15.8 Å². The summed E-state index contributed by atoms with van der Waals surface area (Å²) >= 11 is 0. The molecule has 0 radical (unpaired) electrons. The summed E-state index contributed by atoms with van der Waals surface area (Å²) < 4.78 is 42.9. The molecule has 0 aliphatic heterocycles. The Hall–Kier alpha value is -3.17. The third-order valence-corrected chi connectivity index (χ3v) is 5.81. The first kappa shape index (κ1) is 21.5. The van der Waals surface area contributed by atoms with Crippen LogP contribution in [0.5, 0.6) is 0 Å². The van der Waals surface area contributed by atoms with Crippen molar-refractivity contribution in [3.63, 3.8) is 0 Å². The van der Waals surface area contributed by atoms with Gasteiger partial charge in [0.25, 0.3) is 0 Å². The molecule has 0 saturated carbocycles. The van der Waals surface area contributed by atoms with E-state index < -0.39 is 28.0 Å². The molecule has 0 bridgehead atoms. The van der Waals surface area contributed by atoms with Crippen LogP contribution in [0, 0.1) is 0 Å². The van der Waals surface area contributed by atoms with Gasteiger partial charge in [0.1, 0.15) is 18.2 Å². The number of sulfonamides is 1. The number of benzene rings is 2. The summed E-state index contributed by atoms with van der Waals surface area (Å²) in [5.41, 5.74) is 0.806. The quantitative estimate of drug-likeness (QED) is 0.546. The Bertz CT molecular complexity index is 1150. The van der Waals surface area contributed by atoms with Gasteiger partial charge in [-0.25, -0.2) is 13.2 Å². The summed E-state index contributed by atoms with van der Waals surface area (Å²) in [7, 11) is -3.88. The Kier molecular flexibility index (Phi) is 6.53. The monoisotopic (exact) mass is 431 g/mol. The minimum Gasteiger partial charge on any atom is -0.460 e. The Morgan fingerprint density at radius 2 is 1.70 bits per heavy atom. The number of furan rings is 1. The van der Waals surface area contributed by atoms with Crippen LogP contribution in [0.15, 0.2) is 63.9 Å². The molecule has 1 N–H and O–H groups in total. The normalized spacial score (nSPS) is 12.5. The maximum atomic E-state index is 12.4. The van der Waals surface area contributed by atoms with Gasteiger partial charge in [-0.1, -0.05) is 36.4 Å². The highest BCUT2D eigenvalue weighted by Gasteiger charge is 2.26. The van der Waals surface area contributed by atoms with Gasteiger partial charge in [-0.05, 0) is 32.0 Å². The molecule has 30 heavy (non-hydrogen) atoms.